The van der Waals surface area contributed by atoms with Gasteiger partial charge in [-0.1, -0.05) is 0 Å². The van der Waals surface area contributed by atoms with Crippen molar-refractivity contribution < 1.29 is 9.53 Å². The standard InChI is InChI=1S/C5H9BrN2O2/c1-3-10-5(9)4(6)8-7-2/h7H,3H2,1-2H3/b8-4-. The maximum Gasteiger partial charge on any atom is 0.366 e. The number of nitrogens with one attached hydrogen (secondary N) is 1. The minimum atomic E-state index is -0.461. The topological polar surface area (TPSA) is 50.7 Å². The zero-order valence-electron chi connectivity index (χ0n) is 5.85. The second-order valence-corrected chi connectivity index (χ2v) is 2.10. The highest BCUT2D eigenvalue weighted by atomic mass is 79.9. The zero-order chi connectivity index (χ0) is 7.98. The molecule has 0 heterocycles. The molecule has 0 saturated carbocycles. The summed E-state index contributed by atoms with van der Waals surface area (Å²) in [7, 11) is 1.60. The lowest BCUT2D eigenvalue weighted by atomic mass is 10.7. The van der Waals surface area contributed by atoms with E-state index in [1.807, 2.05) is 0 Å². The second-order valence-electron chi connectivity index (χ2n) is 1.35. The highest BCUT2D eigenvalue weighted by molar-refractivity contribution is 9.19. The summed E-state index contributed by atoms with van der Waals surface area (Å²) in [4.78, 5) is 10.7. The molecule has 0 amide bonds. The summed E-state index contributed by atoms with van der Waals surface area (Å²) in [5.74, 6) is -0.461. The van der Waals surface area contributed by atoms with E-state index in [2.05, 4.69) is 31.2 Å². The number of carbonyl (C=O) groups excluding carboxylic acids is 1. The summed E-state index contributed by atoms with van der Waals surface area (Å²) >= 11 is 2.92. The van der Waals surface area contributed by atoms with Gasteiger partial charge >= 0.3 is 5.97 Å². The molecule has 0 fully saturated rings. The number of hydrogen-bond donors (Lipinski definition) is 1. The summed E-state index contributed by atoms with van der Waals surface area (Å²) < 4.78 is 4.75. The molecular formula is C5H9BrN2O2. The molecule has 0 aromatic rings. The monoisotopic (exact) mass is 208 g/mol. The number of nitrogens with zero attached hydrogens (tertiary/aromatic N) is 1. The minimum Gasteiger partial charge on any atom is -0.461 e. The molecule has 5 heteroatoms. The van der Waals surface area contributed by atoms with Crippen LogP contribution in [0.1, 0.15) is 6.92 Å². The van der Waals surface area contributed by atoms with Gasteiger partial charge in [0.1, 0.15) is 0 Å². The van der Waals surface area contributed by atoms with Crippen LogP contribution in [0.2, 0.25) is 0 Å². The smallest absolute Gasteiger partial charge is 0.366 e. The van der Waals surface area contributed by atoms with Gasteiger partial charge in [-0.05, 0) is 22.9 Å². The van der Waals surface area contributed by atoms with Crippen LogP contribution in [0.3, 0.4) is 0 Å². The molecular weight excluding hydrogens is 200 g/mol. The maximum absolute atomic E-state index is 10.7. The van der Waals surface area contributed by atoms with E-state index in [0.717, 1.165) is 0 Å². The fraction of sp³-hybridized carbons (Fsp3) is 0.600. The van der Waals surface area contributed by atoms with E-state index in [1.54, 1.807) is 14.0 Å². The third kappa shape index (κ3) is 3.45. The van der Waals surface area contributed by atoms with Gasteiger partial charge in [0.2, 0.25) is 4.62 Å². The molecule has 0 aromatic heterocycles. The van der Waals surface area contributed by atoms with Gasteiger partial charge < -0.3 is 10.2 Å². The molecule has 0 aliphatic carbocycles. The van der Waals surface area contributed by atoms with Gasteiger partial charge in [-0.2, -0.15) is 5.10 Å². The molecule has 0 spiro atoms. The van der Waals surface area contributed by atoms with Crippen molar-refractivity contribution in [1.82, 2.24) is 5.43 Å². The summed E-state index contributed by atoms with van der Waals surface area (Å²) in [5.41, 5.74) is 2.45. The molecule has 10 heavy (non-hydrogen) atoms. The molecule has 0 aliphatic rings. The molecule has 0 bridgehead atoms. The highest BCUT2D eigenvalue weighted by Gasteiger charge is 2.06. The van der Waals surface area contributed by atoms with E-state index >= 15 is 0 Å². The number of halogens is 1. The quantitative estimate of drug-likeness (QED) is 0.417. The predicted octanol–water partition coefficient (Wildman–Crippen LogP) is 0.477. The Morgan fingerprint density at radius 2 is 2.40 bits per heavy atom. The van der Waals surface area contributed by atoms with Crippen molar-refractivity contribution in [1.29, 1.82) is 0 Å². The van der Waals surface area contributed by atoms with E-state index < -0.39 is 5.97 Å². The first-order valence-corrected chi connectivity index (χ1v) is 3.58. The summed E-state index contributed by atoms with van der Waals surface area (Å²) in [6.45, 7) is 2.09. The second kappa shape index (κ2) is 5.22. The molecule has 0 aromatic carbocycles. The number of ether oxygens (including phenoxy) is 1. The molecule has 0 aliphatic heterocycles. The van der Waals surface area contributed by atoms with Crippen molar-refractivity contribution in [3.8, 4) is 0 Å². The normalized spacial score (nSPS) is 10.9. The molecule has 4 nitrogen and oxygen atoms in total. The van der Waals surface area contributed by atoms with E-state index in [-0.39, 0.29) is 4.62 Å². The van der Waals surface area contributed by atoms with Crippen molar-refractivity contribution in [2.75, 3.05) is 13.7 Å². The van der Waals surface area contributed by atoms with Crippen LogP contribution in [0.15, 0.2) is 5.10 Å². The van der Waals surface area contributed by atoms with Crippen LogP contribution in [-0.4, -0.2) is 24.2 Å². The Balaban J connectivity index is 3.82. The molecule has 0 saturated heterocycles. The SMILES string of the molecule is CCOC(=O)/C(Br)=N/NC. The number of esters is 1. The summed E-state index contributed by atoms with van der Waals surface area (Å²) in [6, 6.07) is 0. The van der Waals surface area contributed by atoms with Gasteiger partial charge in [0.15, 0.2) is 0 Å². The van der Waals surface area contributed by atoms with Gasteiger partial charge in [-0.25, -0.2) is 4.79 Å². The van der Waals surface area contributed by atoms with Crippen LogP contribution in [-0.2, 0) is 9.53 Å². The highest BCUT2D eigenvalue weighted by Crippen LogP contribution is 1.91. The van der Waals surface area contributed by atoms with Crippen LogP contribution in [0, 0.1) is 0 Å². The molecule has 1 N–H and O–H groups in total. The van der Waals surface area contributed by atoms with Gasteiger partial charge in [0.25, 0.3) is 0 Å². The van der Waals surface area contributed by atoms with Crippen molar-refractivity contribution in [2.45, 2.75) is 6.92 Å². The Kier molecular flexibility index (Phi) is 4.92. The van der Waals surface area contributed by atoms with Gasteiger partial charge in [0.05, 0.1) is 6.61 Å². The van der Waals surface area contributed by atoms with Crippen LogP contribution < -0.4 is 5.43 Å². The lowest BCUT2D eigenvalue weighted by Crippen LogP contribution is -2.14. The summed E-state index contributed by atoms with van der Waals surface area (Å²) in [5, 5.41) is 3.55. The molecule has 0 unspecified atom stereocenters. The van der Waals surface area contributed by atoms with Crippen molar-refractivity contribution in [3.63, 3.8) is 0 Å². The van der Waals surface area contributed by atoms with Crippen LogP contribution in [0.5, 0.6) is 0 Å². The fourth-order valence-corrected chi connectivity index (χ4v) is 0.626. The first-order valence-electron chi connectivity index (χ1n) is 2.79. The van der Waals surface area contributed by atoms with Gasteiger partial charge in [0, 0.05) is 7.05 Å². The first-order chi connectivity index (χ1) is 4.72. The van der Waals surface area contributed by atoms with E-state index in [1.165, 1.54) is 0 Å². The minimum absolute atomic E-state index is 0.150. The van der Waals surface area contributed by atoms with E-state index in [4.69, 9.17) is 0 Å². The number of carbonyl (C=O) groups is 1. The predicted molar refractivity (Wildman–Crippen MR) is 42.1 cm³/mol. The lowest BCUT2D eigenvalue weighted by Gasteiger charge is -1.97. The summed E-state index contributed by atoms with van der Waals surface area (Å²) in [6.07, 6.45) is 0. The third-order valence-electron chi connectivity index (χ3n) is 0.654. The fourth-order valence-electron chi connectivity index (χ4n) is 0.334. The zero-order valence-corrected chi connectivity index (χ0v) is 7.43. The Labute approximate surface area is 67.8 Å². The number of hydrogen-bond acceptors (Lipinski definition) is 4. The average molecular weight is 209 g/mol. The van der Waals surface area contributed by atoms with Crippen LogP contribution in [0.25, 0.3) is 0 Å². The molecule has 0 atom stereocenters. The number of rotatable bonds is 3. The number of hydrazone groups is 1. The average Bonchev–Trinajstić information content (AvgIpc) is 1.89. The van der Waals surface area contributed by atoms with Crippen molar-refractivity contribution in [2.24, 2.45) is 5.10 Å². The Morgan fingerprint density at radius 1 is 1.80 bits per heavy atom. The maximum atomic E-state index is 10.7. The van der Waals surface area contributed by atoms with E-state index in [0.29, 0.717) is 6.61 Å². The van der Waals surface area contributed by atoms with Gasteiger partial charge in [-0.3, -0.25) is 0 Å². The van der Waals surface area contributed by atoms with Crippen LogP contribution >= 0.6 is 15.9 Å². The molecule has 0 rings (SSSR count). The lowest BCUT2D eigenvalue weighted by molar-refractivity contribution is -0.134. The van der Waals surface area contributed by atoms with E-state index in [9.17, 15) is 4.79 Å². The molecule has 0 radical (unpaired) electrons. The van der Waals surface area contributed by atoms with Gasteiger partial charge in [-0.15, -0.1) is 0 Å². The first kappa shape index (κ1) is 9.42. The third-order valence-corrected chi connectivity index (χ3v) is 1.15. The Hall–Kier alpha value is -0.580. The van der Waals surface area contributed by atoms with Crippen LogP contribution in [0.4, 0.5) is 0 Å². The van der Waals surface area contributed by atoms with Crippen molar-refractivity contribution in [3.05, 3.63) is 0 Å². The largest absolute Gasteiger partial charge is 0.461 e. The Morgan fingerprint density at radius 3 is 2.80 bits per heavy atom. The van der Waals surface area contributed by atoms with Crippen molar-refractivity contribution >= 4 is 26.5 Å². The Bertz CT molecular complexity index is 147. The molecule has 58 valence electrons.